The van der Waals surface area contributed by atoms with Crippen molar-refractivity contribution in [3.8, 4) is 5.75 Å². The summed E-state index contributed by atoms with van der Waals surface area (Å²) in [6, 6.07) is 19.5. The lowest BCUT2D eigenvalue weighted by molar-refractivity contribution is -0.138. The molecule has 5 aromatic rings. The number of carbonyl (C=O) groups excluding carboxylic acids is 1. The number of benzene rings is 5. The number of Topliss-reactive ketones (excluding diaryl/α,β-unsaturated/α-hetero) is 1. The van der Waals surface area contributed by atoms with E-state index in [0.717, 1.165) is 48.5 Å². The zero-order valence-electron chi connectivity index (χ0n) is 28.5. The molecule has 0 heterocycles. The Labute approximate surface area is 308 Å². The van der Waals surface area contributed by atoms with Gasteiger partial charge >= 0.3 is 24.7 Å². The molecule has 0 aliphatic carbocycles. The molecule has 0 saturated heterocycles. The van der Waals surface area contributed by atoms with Crippen LogP contribution in [-0.2, 0) is 38.8 Å². The Balaban J connectivity index is 0.000000404. The van der Waals surface area contributed by atoms with Crippen LogP contribution in [0, 0.1) is 0 Å². The average molecular weight is 805 g/mol. The fourth-order valence-corrected chi connectivity index (χ4v) is 6.84. The van der Waals surface area contributed by atoms with Gasteiger partial charge in [-0.05, 0) is 24.3 Å². The lowest BCUT2D eigenvalue weighted by atomic mass is 9.13. The Hall–Kier alpha value is -5.06. The van der Waals surface area contributed by atoms with E-state index in [1.165, 1.54) is 24.3 Å². The number of phenols is 1. The van der Waals surface area contributed by atoms with E-state index in [1.54, 1.807) is 12.5 Å². The van der Waals surface area contributed by atoms with Gasteiger partial charge in [0.05, 0.1) is 32.2 Å². The molecule has 0 unspecified atom stereocenters. The van der Waals surface area contributed by atoms with Crippen LogP contribution in [0.25, 0.3) is 0 Å². The number of hydrogen-bond acceptors (Lipinski definition) is 3. The van der Waals surface area contributed by atoms with Crippen LogP contribution in [0.5, 0.6) is 5.75 Å². The van der Waals surface area contributed by atoms with Crippen LogP contribution in [0.4, 0.5) is 52.7 Å². The van der Waals surface area contributed by atoms with E-state index in [-0.39, 0.29) is 39.1 Å². The number of rotatable bonds is 7. The molecule has 0 fully saturated rings. The highest BCUT2D eigenvalue weighted by Gasteiger charge is 2.38. The number of alkyl halides is 12. The lowest BCUT2D eigenvalue weighted by Crippen LogP contribution is -2.74. The van der Waals surface area contributed by atoms with Crippen molar-refractivity contribution in [3.05, 3.63) is 149 Å². The van der Waals surface area contributed by atoms with Crippen LogP contribution in [0.3, 0.4) is 0 Å². The molecule has 0 radical (unpaired) electrons. The standard InChI is InChI=1S/C28H16BF12.C10H12O3S/c30-25(31,32)17-1-9-21(10-2-17)29(22-11-3-18(4-12-22)26(33,34)35,23-13-5-19(6-14-23)27(36,37)38)24-15-7-20(8-16-24)28(39,40)41;1-14(2,13)7-10(12)8-3-5-9(11)6-4-8/h1-16H;3-6H,7H2,1-2H3/q-1;/p+1. The predicted octanol–water partition coefficient (Wildman–Crippen LogP) is 8.47. The first-order valence-electron chi connectivity index (χ1n) is 15.8. The minimum absolute atomic E-state index is 0.0114. The molecule has 0 spiro atoms. The molecule has 0 saturated carbocycles. The topological polar surface area (TPSA) is 54.4 Å². The first kappa shape index (κ1) is 42.7. The minimum atomic E-state index is -4.77. The minimum Gasteiger partial charge on any atom is -0.508 e. The van der Waals surface area contributed by atoms with Crippen molar-refractivity contribution in [2.75, 3.05) is 18.3 Å². The van der Waals surface area contributed by atoms with E-state index in [4.69, 9.17) is 5.11 Å². The molecule has 0 amide bonds. The van der Waals surface area contributed by atoms with Gasteiger partial charge < -0.3 is 5.11 Å². The summed E-state index contributed by atoms with van der Waals surface area (Å²) >= 11 is 0. The molecular formula is C38H29BF12O3S. The van der Waals surface area contributed by atoms with Gasteiger partial charge in [-0.25, -0.2) is 0 Å². The Kier molecular flexibility index (Phi) is 12.1. The third-order valence-electron chi connectivity index (χ3n) is 8.62. The average Bonchev–Trinajstić information content (AvgIpc) is 3.08. The molecule has 55 heavy (non-hydrogen) atoms. The smallest absolute Gasteiger partial charge is 0.416 e. The van der Waals surface area contributed by atoms with Crippen molar-refractivity contribution < 1.29 is 66.8 Å². The maximum atomic E-state index is 13.3. The van der Waals surface area contributed by atoms with Crippen LogP contribution in [0.1, 0.15) is 32.6 Å². The second-order valence-corrected chi connectivity index (χ2v) is 16.1. The molecule has 5 aromatic carbocycles. The van der Waals surface area contributed by atoms with Crippen LogP contribution in [-0.4, -0.2) is 35.3 Å². The highest BCUT2D eigenvalue weighted by Crippen LogP contribution is 2.32. The Morgan fingerprint density at radius 2 is 0.709 bits per heavy atom. The maximum absolute atomic E-state index is 13.3. The Morgan fingerprint density at radius 3 is 0.909 bits per heavy atom. The second kappa shape index (κ2) is 15.6. The summed E-state index contributed by atoms with van der Waals surface area (Å²) < 4.78 is 171. The highest BCUT2D eigenvalue weighted by molar-refractivity contribution is 8.02. The summed E-state index contributed by atoms with van der Waals surface area (Å²) in [5, 5.41) is 9.00. The van der Waals surface area contributed by atoms with Gasteiger partial charge in [-0.3, -0.25) is 4.79 Å². The molecule has 5 rings (SSSR count). The summed E-state index contributed by atoms with van der Waals surface area (Å²) in [7, 11) is -2.04. The zero-order valence-corrected chi connectivity index (χ0v) is 29.4. The molecule has 0 atom stereocenters. The third-order valence-corrected chi connectivity index (χ3v) is 9.58. The maximum Gasteiger partial charge on any atom is 0.416 e. The van der Waals surface area contributed by atoms with Crippen molar-refractivity contribution in [2.24, 2.45) is 0 Å². The Bertz CT molecular complexity index is 1880. The van der Waals surface area contributed by atoms with Crippen molar-refractivity contribution in [1.29, 1.82) is 0 Å². The first-order valence-corrected chi connectivity index (χ1v) is 18.4. The highest BCUT2D eigenvalue weighted by atomic mass is 32.2. The lowest BCUT2D eigenvalue weighted by Gasteiger charge is -2.44. The predicted molar refractivity (Wildman–Crippen MR) is 187 cm³/mol. The number of carbonyl (C=O) groups is 1. The van der Waals surface area contributed by atoms with E-state index in [0.29, 0.717) is 54.1 Å². The van der Waals surface area contributed by atoms with Gasteiger partial charge in [0.25, 0.3) is 0 Å². The number of halogens is 12. The molecule has 1 N–H and O–H groups in total. The van der Waals surface area contributed by atoms with Gasteiger partial charge in [0.15, 0.2) is 5.75 Å². The molecule has 17 heteroatoms. The largest absolute Gasteiger partial charge is 0.508 e. The van der Waals surface area contributed by atoms with E-state index in [1.807, 2.05) is 0 Å². The van der Waals surface area contributed by atoms with E-state index < -0.39 is 63.0 Å². The van der Waals surface area contributed by atoms with E-state index in [9.17, 15) is 61.7 Å². The number of phenolic OH excluding ortho intramolecular Hbond substituents is 1. The van der Waals surface area contributed by atoms with Crippen molar-refractivity contribution in [3.63, 3.8) is 0 Å². The van der Waals surface area contributed by atoms with Crippen LogP contribution >= 0.6 is 0 Å². The quantitative estimate of drug-likeness (QED) is 0.0778. The van der Waals surface area contributed by atoms with Gasteiger partial charge in [0, 0.05) is 5.56 Å². The van der Waals surface area contributed by atoms with Crippen LogP contribution in [0.2, 0.25) is 0 Å². The third kappa shape index (κ3) is 10.4. The molecule has 3 nitrogen and oxygen atoms in total. The molecule has 0 aliphatic rings. The van der Waals surface area contributed by atoms with Crippen LogP contribution < -0.4 is 21.9 Å². The summed E-state index contributed by atoms with van der Waals surface area (Å²) in [5.74, 6) is 0.0212. The van der Waals surface area contributed by atoms with Crippen molar-refractivity contribution >= 4 is 43.7 Å². The summed E-state index contributed by atoms with van der Waals surface area (Å²) in [6.45, 7) is 0. The first-order chi connectivity index (χ1) is 25.2. The van der Waals surface area contributed by atoms with Crippen molar-refractivity contribution in [1.82, 2.24) is 0 Å². The van der Waals surface area contributed by atoms with E-state index in [2.05, 4.69) is 0 Å². The fourth-order valence-electron chi connectivity index (χ4n) is 6.04. The van der Waals surface area contributed by atoms with Gasteiger partial charge in [0.2, 0.25) is 5.78 Å². The fraction of sp³-hybridized carbons (Fsp3) is 0.184. The summed E-state index contributed by atoms with van der Waals surface area (Å²) in [5.41, 5.74) is -3.81. The summed E-state index contributed by atoms with van der Waals surface area (Å²) in [4.78, 5) is 11.5. The number of aromatic hydroxyl groups is 1. The van der Waals surface area contributed by atoms with Crippen LogP contribution in [0.15, 0.2) is 121 Å². The van der Waals surface area contributed by atoms with Crippen molar-refractivity contribution in [2.45, 2.75) is 24.7 Å². The van der Waals surface area contributed by atoms with E-state index >= 15 is 0 Å². The normalized spacial score (nSPS) is 12.8. The zero-order chi connectivity index (χ0) is 41.2. The SMILES string of the molecule is C[S+](C)(=O)CC(=O)c1ccc(O)cc1.FC(F)(F)c1ccc([B-](c2ccc(C(F)(F)F)cc2)(c2ccc(C(F)(F)F)cc2)c2ccc(C(F)(F)F)cc2)cc1. The summed E-state index contributed by atoms with van der Waals surface area (Å²) in [6.07, 6.45) is -18.9. The van der Waals surface area contributed by atoms with Gasteiger partial charge in [-0.15, -0.1) is 4.21 Å². The number of ketones is 1. The molecule has 292 valence electrons. The van der Waals surface area contributed by atoms with Gasteiger partial charge in [0.1, 0.15) is 24.4 Å². The molecular weight excluding hydrogens is 775 g/mol. The molecule has 0 aromatic heterocycles. The number of hydrogen-bond donors (Lipinski definition) is 1. The molecule has 0 aliphatic heterocycles. The molecule has 0 bridgehead atoms. The second-order valence-electron chi connectivity index (χ2n) is 12.9. The monoisotopic (exact) mass is 804 g/mol. The van der Waals surface area contributed by atoms with Gasteiger partial charge in [-0.1, -0.05) is 97.1 Å². The van der Waals surface area contributed by atoms with Gasteiger partial charge in [-0.2, -0.15) is 74.5 Å². The Morgan fingerprint density at radius 1 is 0.473 bits per heavy atom.